The van der Waals surface area contributed by atoms with Gasteiger partial charge in [-0.1, -0.05) is 40.5 Å². The Morgan fingerprint density at radius 1 is 0.905 bits per heavy atom. The Labute approximate surface area is 255 Å². The average Bonchev–Trinajstić information content (AvgIpc) is 3.58. The van der Waals surface area contributed by atoms with E-state index in [1.807, 2.05) is 0 Å². The van der Waals surface area contributed by atoms with Crippen LogP contribution in [0.4, 0.5) is 0 Å². The van der Waals surface area contributed by atoms with E-state index in [4.69, 9.17) is 0 Å². The fourth-order valence-corrected chi connectivity index (χ4v) is 13.5. The number of aliphatic hydroxyl groups is 2. The van der Waals surface area contributed by atoms with Crippen molar-refractivity contribution >= 4 is 15.8 Å². The van der Waals surface area contributed by atoms with Gasteiger partial charge in [-0.25, -0.2) is 12.7 Å². The normalized spacial score (nSPS) is 45.6. The van der Waals surface area contributed by atoms with Crippen molar-refractivity contribution in [2.24, 2.45) is 57.7 Å². The monoisotopic (exact) mass is 605 g/mol. The number of aliphatic hydroxyl groups excluding tert-OH is 2. The molecule has 0 aromatic rings. The number of piperidine rings is 1. The van der Waals surface area contributed by atoms with Crippen molar-refractivity contribution in [2.75, 3.05) is 18.8 Å². The molecule has 1 aliphatic heterocycles. The summed E-state index contributed by atoms with van der Waals surface area (Å²) in [4.78, 5) is 12.8. The number of hydrogen-bond acceptors (Lipinski definition) is 5. The third-order valence-corrected chi connectivity index (χ3v) is 16.6. The first-order valence-electron chi connectivity index (χ1n) is 17.7. The highest BCUT2D eigenvalue weighted by Gasteiger charge is 2.64. The van der Waals surface area contributed by atoms with Crippen molar-refractivity contribution < 1.29 is 23.4 Å². The second kappa shape index (κ2) is 11.4. The Hall–Kier alpha value is -0.500. The summed E-state index contributed by atoms with van der Waals surface area (Å²) in [5.41, 5.74) is 0.870. The van der Waals surface area contributed by atoms with Crippen LogP contribution in [0.25, 0.3) is 0 Å². The number of Topliss-reactive ketones (excluding diaryl/α,β-unsaturated/α-hetero) is 1. The highest BCUT2D eigenvalue weighted by atomic mass is 32.2. The van der Waals surface area contributed by atoms with E-state index in [1.165, 1.54) is 38.5 Å². The molecule has 6 aliphatic rings. The maximum atomic E-state index is 12.9. The molecule has 1 spiro atoms. The summed E-state index contributed by atoms with van der Waals surface area (Å²) in [5.74, 6) is 2.80. The first-order chi connectivity index (χ1) is 19.8. The predicted molar refractivity (Wildman–Crippen MR) is 166 cm³/mol. The molecule has 0 amide bonds. The van der Waals surface area contributed by atoms with Crippen LogP contribution in [0.5, 0.6) is 0 Å². The first-order valence-corrected chi connectivity index (χ1v) is 19.3. The lowest BCUT2D eigenvalue weighted by Gasteiger charge is -2.64. The smallest absolute Gasteiger partial charge is 0.221 e. The van der Waals surface area contributed by atoms with Gasteiger partial charge in [0.15, 0.2) is 0 Å². The minimum absolute atomic E-state index is 0.124. The van der Waals surface area contributed by atoms with E-state index in [0.29, 0.717) is 60.4 Å². The maximum Gasteiger partial charge on any atom is 0.221 e. The van der Waals surface area contributed by atoms with Gasteiger partial charge < -0.3 is 10.2 Å². The molecule has 5 aliphatic carbocycles. The molecule has 6 rings (SSSR count). The van der Waals surface area contributed by atoms with Gasteiger partial charge in [-0.2, -0.15) is 0 Å². The van der Waals surface area contributed by atoms with E-state index in [9.17, 15) is 23.4 Å². The van der Waals surface area contributed by atoms with Crippen LogP contribution in [0, 0.1) is 57.7 Å². The summed E-state index contributed by atoms with van der Waals surface area (Å²) in [5, 5.41) is 22.5. The van der Waals surface area contributed by atoms with Gasteiger partial charge in [-0.05, 0) is 135 Å². The second-order valence-electron chi connectivity index (χ2n) is 16.7. The Kier molecular flexibility index (Phi) is 8.53. The van der Waals surface area contributed by atoms with E-state index in [0.717, 1.165) is 51.4 Å². The van der Waals surface area contributed by atoms with E-state index < -0.39 is 10.0 Å². The van der Waals surface area contributed by atoms with Gasteiger partial charge in [0, 0.05) is 19.5 Å². The molecular formula is C35H59NO5S. The summed E-state index contributed by atoms with van der Waals surface area (Å²) in [7, 11) is -3.49. The second-order valence-corrected chi connectivity index (χ2v) is 18.7. The number of fused-ring (bicyclic) bond motifs is 5. The van der Waals surface area contributed by atoms with Gasteiger partial charge in [0.1, 0.15) is 11.5 Å². The number of ketones is 1. The molecule has 0 radical (unpaired) electrons. The van der Waals surface area contributed by atoms with E-state index in [-0.39, 0.29) is 40.5 Å². The lowest BCUT2D eigenvalue weighted by Crippen LogP contribution is -2.62. The summed E-state index contributed by atoms with van der Waals surface area (Å²) >= 11 is 0. The van der Waals surface area contributed by atoms with Crippen molar-refractivity contribution in [3.8, 4) is 0 Å². The molecule has 7 heteroatoms. The van der Waals surface area contributed by atoms with Gasteiger partial charge >= 0.3 is 0 Å². The first kappa shape index (κ1) is 31.5. The molecule has 240 valence electrons. The topological polar surface area (TPSA) is 94.9 Å². The van der Waals surface area contributed by atoms with Crippen LogP contribution < -0.4 is 0 Å². The van der Waals surface area contributed by atoms with Crippen molar-refractivity contribution in [1.29, 1.82) is 0 Å². The number of rotatable bonds is 9. The fraction of sp³-hybridized carbons (Fsp3) is 0.971. The maximum absolute atomic E-state index is 12.9. The molecule has 0 aromatic carbocycles. The average molecular weight is 606 g/mol. The van der Waals surface area contributed by atoms with E-state index in [1.54, 1.807) is 4.31 Å². The van der Waals surface area contributed by atoms with Gasteiger partial charge in [0.2, 0.25) is 10.0 Å². The summed E-state index contributed by atoms with van der Waals surface area (Å²) in [6, 6.07) is 0. The SMILES string of the molecule is CC[C@H]1[C@@H](O)[C@@H]2[C@H](CC[C@]3(C)[C@@H]([C@H](C)CCCC(=O)CS(=O)(=O)N4CCC5(CC4)CC5)CC[C@@H]23)[C@@]2(C)CC[C@@H](O)C[C@@H]12. The zero-order chi connectivity index (χ0) is 30.1. The highest BCUT2D eigenvalue weighted by molar-refractivity contribution is 7.89. The fourth-order valence-electron chi connectivity index (χ4n) is 12.0. The number of carbonyl (C=O) groups is 1. The molecule has 0 bridgehead atoms. The number of nitrogens with zero attached hydrogens (tertiary/aromatic N) is 1. The van der Waals surface area contributed by atoms with Crippen LogP contribution in [0.1, 0.15) is 124 Å². The Balaban J connectivity index is 1.05. The summed E-state index contributed by atoms with van der Waals surface area (Å²) in [6.45, 7) is 10.8. The lowest BCUT2D eigenvalue weighted by molar-refractivity contribution is -0.203. The van der Waals surface area contributed by atoms with Crippen LogP contribution in [0.3, 0.4) is 0 Å². The molecule has 6 fully saturated rings. The molecule has 2 N–H and O–H groups in total. The molecule has 42 heavy (non-hydrogen) atoms. The van der Waals surface area contributed by atoms with Gasteiger partial charge in [0.25, 0.3) is 0 Å². The number of hydrogen-bond donors (Lipinski definition) is 2. The lowest BCUT2D eigenvalue weighted by atomic mass is 9.41. The standard InChI is InChI=1S/C35H59NO5S/c1-5-26-30-21-24(37)11-13-34(30,4)29-12-14-33(3)27(9-10-28(33)31(29)32(26)39)23(2)7-6-8-25(38)22-42(40,41)36-19-17-35(15-16-35)18-20-36/h23-24,26-32,37,39H,5-22H2,1-4H3/t23-,24-,26-,27-,28+,29+,30+,31+,32-,33-,34-/m1/s1. The third kappa shape index (κ3) is 5.36. The molecule has 0 unspecified atom stereocenters. The third-order valence-electron chi connectivity index (χ3n) is 14.7. The van der Waals surface area contributed by atoms with E-state index >= 15 is 0 Å². The van der Waals surface area contributed by atoms with Gasteiger partial charge in [0.05, 0.1) is 12.2 Å². The zero-order valence-electron chi connectivity index (χ0n) is 26.9. The van der Waals surface area contributed by atoms with Crippen molar-refractivity contribution in [3.63, 3.8) is 0 Å². The van der Waals surface area contributed by atoms with Crippen LogP contribution in [0.2, 0.25) is 0 Å². The molecule has 1 heterocycles. The predicted octanol–water partition coefficient (Wildman–Crippen LogP) is 6.19. The molecular weight excluding hydrogens is 546 g/mol. The van der Waals surface area contributed by atoms with Crippen molar-refractivity contribution in [3.05, 3.63) is 0 Å². The summed E-state index contributed by atoms with van der Waals surface area (Å²) in [6.07, 6.45) is 14.7. The molecule has 6 nitrogen and oxygen atoms in total. The quantitative estimate of drug-likeness (QED) is 0.327. The molecule has 5 saturated carbocycles. The van der Waals surface area contributed by atoms with Gasteiger partial charge in [-0.15, -0.1) is 0 Å². The highest BCUT2D eigenvalue weighted by Crippen LogP contribution is 2.69. The van der Waals surface area contributed by atoms with Crippen LogP contribution in [0.15, 0.2) is 0 Å². The Morgan fingerprint density at radius 2 is 1.57 bits per heavy atom. The van der Waals surface area contributed by atoms with Crippen LogP contribution in [-0.4, -0.2) is 59.8 Å². The van der Waals surface area contributed by atoms with Crippen LogP contribution >= 0.6 is 0 Å². The number of sulfonamides is 1. The molecule has 1 saturated heterocycles. The van der Waals surface area contributed by atoms with Gasteiger partial charge in [-0.3, -0.25) is 4.79 Å². The Morgan fingerprint density at radius 3 is 2.24 bits per heavy atom. The van der Waals surface area contributed by atoms with Crippen molar-refractivity contribution in [1.82, 2.24) is 4.31 Å². The van der Waals surface area contributed by atoms with Crippen molar-refractivity contribution in [2.45, 2.75) is 136 Å². The minimum atomic E-state index is -3.49. The molecule has 11 atom stereocenters. The Bertz CT molecular complexity index is 1110. The summed E-state index contributed by atoms with van der Waals surface area (Å²) < 4.78 is 27.4. The zero-order valence-corrected chi connectivity index (χ0v) is 27.7. The van der Waals surface area contributed by atoms with E-state index in [2.05, 4.69) is 27.7 Å². The minimum Gasteiger partial charge on any atom is -0.393 e. The largest absolute Gasteiger partial charge is 0.393 e. The number of carbonyl (C=O) groups excluding carboxylic acids is 1. The van der Waals surface area contributed by atoms with Crippen LogP contribution in [-0.2, 0) is 14.8 Å². The molecule has 0 aromatic heterocycles.